The fourth-order valence-electron chi connectivity index (χ4n) is 6.02. The summed E-state index contributed by atoms with van der Waals surface area (Å²) in [4.78, 5) is 53.1. The Balaban J connectivity index is 1.34. The first-order chi connectivity index (χ1) is 20.8. The van der Waals surface area contributed by atoms with Gasteiger partial charge in [0.15, 0.2) is 5.82 Å². The van der Waals surface area contributed by atoms with Crippen molar-refractivity contribution in [2.45, 2.75) is 38.0 Å². The Morgan fingerprint density at radius 3 is 2.61 bits per heavy atom. The maximum Gasteiger partial charge on any atom is 0.416 e. The van der Waals surface area contributed by atoms with Crippen molar-refractivity contribution in [1.29, 1.82) is 0 Å². The molecule has 0 N–H and O–H groups in total. The van der Waals surface area contributed by atoms with Gasteiger partial charge in [0.2, 0.25) is 23.6 Å². The van der Waals surface area contributed by atoms with Gasteiger partial charge in [-0.15, -0.1) is 0 Å². The van der Waals surface area contributed by atoms with E-state index in [1.54, 1.807) is 9.80 Å². The Labute approximate surface area is 248 Å². The SMILES string of the molecule is C=CC(=O)N1CC(c2noc(CN3C[C@H]4CC(=O)N(c5cc(C(F)(F)F)cc(C)n5)[C@@H]4C(=O)N(C)c4cccc(F)c43)n2)C1. The van der Waals surface area contributed by atoms with E-state index in [1.807, 2.05) is 0 Å². The van der Waals surface area contributed by atoms with Gasteiger partial charge in [-0.3, -0.25) is 19.3 Å². The van der Waals surface area contributed by atoms with Crippen molar-refractivity contribution in [2.75, 3.05) is 41.4 Å². The van der Waals surface area contributed by atoms with Gasteiger partial charge >= 0.3 is 6.18 Å². The van der Waals surface area contributed by atoms with Crippen molar-refractivity contribution in [3.63, 3.8) is 0 Å². The number of aryl methyl sites for hydroxylation is 1. The van der Waals surface area contributed by atoms with E-state index in [-0.39, 0.29) is 60.1 Å². The van der Waals surface area contributed by atoms with Crippen LogP contribution in [0.25, 0.3) is 0 Å². The molecule has 0 saturated carbocycles. The predicted molar refractivity (Wildman–Crippen MR) is 148 cm³/mol. The Bertz CT molecular complexity index is 1670. The largest absolute Gasteiger partial charge is 0.416 e. The summed E-state index contributed by atoms with van der Waals surface area (Å²) in [6, 6.07) is 4.63. The van der Waals surface area contributed by atoms with E-state index in [0.29, 0.717) is 18.9 Å². The summed E-state index contributed by atoms with van der Waals surface area (Å²) in [6.07, 6.45) is -3.66. The highest BCUT2D eigenvalue weighted by molar-refractivity contribution is 6.10. The van der Waals surface area contributed by atoms with E-state index in [9.17, 15) is 27.6 Å². The van der Waals surface area contributed by atoms with E-state index >= 15 is 4.39 Å². The highest BCUT2D eigenvalue weighted by atomic mass is 19.4. The Kier molecular flexibility index (Phi) is 7.13. The van der Waals surface area contributed by atoms with E-state index in [1.165, 1.54) is 43.1 Å². The number of pyridine rings is 1. The van der Waals surface area contributed by atoms with E-state index < -0.39 is 41.3 Å². The van der Waals surface area contributed by atoms with E-state index in [0.717, 1.165) is 17.0 Å². The van der Waals surface area contributed by atoms with Crippen molar-refractivity contribution in [2.24, 2.45) is 5.92 Å². The molecule has 2 aromatic heterocycles. The zero-order valence-electron chi connectivity index (χ0n) is 23.7. The lowest BCUT2D eigenvalue weighted by molar-refractivity contribution is -0.137. The quantitative estimate of drug-likeness (QED) is 0.318. The number of benzene rings is 1. The number of alkyl halides is 3. The van der Waals surface area contributed by atoms with Crippen LogP contribution in [0.2, 0.25) is 0 Å². The third-order valence-corrected chi connectivity index (χ3v) is 8.17. The normalized spacial score (nSPS) is 20.7. The summed E-state index contributed by atoms with van der Waals surface area (Å²) in [6.45, 7) is 5.52. The molecule has 2 fully saturated rings. The predicted octanol–water partition coefficient (Wildman–Crippen LogP) is 3.45. The standard InChI is InChI=1S/C29H27F4N7O4/c1-4-23(41)38-12-17(13-38)27-35-22(44-36-27)14-39-11-16-9-24(42)40(21-10-18(29(31,32)33)8-15(2)34-21)25(16)28(43)37(3)20-7-5-6-19(30)26(20)39/h4-8,10,16-17,25H,1,9,11-14H2,2-3H3/t16-,25+/m1/s1. The van der Waals surface area contributed by atoms with Crippen molar-refractivity contribution < 1.29 is 36.5 Å². The third-order valence-electron chi connectivity index (χ3n) is 8.17. The van der Waals surface area contributed by atoms with Crippen molar-refractivity contribution >= 4 is 34.9 Å². The zero-order chi connectivity index (χ0) is 31.5. The Hall–Kier alpha value is -4.82. The molecule has 0 radical (unpaired) electrons. The number of hydrogen-bond donors (Lipinski definition) is 0. The zero-order valence-corrected chi connectivity index (χ0v) is 23.7. The molecule has 44 heavy (non-hydrogen) atoms. The second-order valence-electron chi connectivity index (χ2n) is 11.1. The van der Waals surface area contributed by atoms with Gasteiger partial charge in [-0.05, 0) is 37.3 Å². The lowest BCUT2D eigenvalue weighted by Crippen LogP contribution is -2.52. The van der Waals surface area contributed by atoms with Crippen LogP contribution in [-0.2, 0) is 27.1 Å². The third kappa shape index (κ3) is 5.05. The average molecular weight is 614 g/mol. The molecule has 3 aromatic rings. The topological polar surface area (TPSA) is 116 Å². The van der Waals surface area contributed by atoms with Gasteiger partial charge in [-0.2, -0.15) is 18.2 Å². The van der Waals surface area contributed by atoms with Crippen LogP contribution in [0.1, 0.15) is 35.3 Å². The fraction of sp³-hybridized carbons (Fsp3) is 0.379. The molecule has 0 spiro atoms. The molecule has 2 atom stereocenters. The van der Waals surface area contributed by atoms with E-state index in [4.69, 9.17) is 4.52 Å². The maximum absolute atomic E-state index is 15.5. The molecule has 3 aliphatic heterocycles. The van der Waals surface area contributed by atoms with Crippen LogP contribution in [0.4, 0.5) is 34.8 Å². The number of aromatic nitrogens is 3. The molecule has 0 unspecified atom stereocenters. The lowest BCUT2D eigenvalue weighted by atomic mass is 9.95. The molecule has 15 heteroatoms. The number of rotatable bonds is 5. The number of fused-ring (bicyclic) bond motifs is 2. The Morgan fingerprint density at radius 2 is 1.91 bits per heavy atom. The molecular weight excluding hydrogens is 586 g/mol. The smallest absolute Gasteiger partial charge is 0.358 e. The van der Waals surface area contributed by atoms with Gasteiger partial charge in [0.05, 0.1) is 29.4 Å². The minimum atomic E-state index is -4.69. The lowest BCUT2D eigenvalue weighted by Gasteiger charge is -2.38. The number of likely N-dealkylation sites (N-methyl/N-ethyl adjacent to an activating group) is 1. The summed E-state index contributed by atoms with van der Waals surface area (Å²) in [5, 5.41) is 4.04. The first-order valence-corrected chi connectivity index (χ1v) is 13.8. The average Bonchev–Trinajstić information content (AvgIpc) is 3.52. The Morgan fingerprint density at radius 1 is 1.16 bits per heavy atom. The molecule has 11 nitrogen and oxygen atoms in total. The molecule has 230 valence electrons. The molecule has 3 aliphatic rings. The molecule has 0 aliphatic carbocycles. The minimum Gasteiger partial charge on any atom is -0.358 e. The molecule has 1 aromatic carbocycles. The number of carbonyl (C=O) groups excluding carboxylic acids is 3. The molecular formula is C29H27F4N7O4. The summed E-state index contributed by atoms with van der Waals surface area (Å²) >= 11 is 0. The summed E-state index contributed by atoms with van der Waals surface area (Å²) in [7, 11) is 1.42. The number of likely N-dealkylation sites (tertiary alicyclic amines) is 1. The van der Waals surface area contributed by atoms with Gasteiger partial charge in [-0.1, -0.05) is 17.8 Å². The number of nitrogens with zero attached hydrogens (tertiary/aromatic N) is 7. The highest BCUT2D eigenvalue weighted by Crippen LogP contribution is 2.42. The molecule has 0 bridgehead atoms. The van der Waals surface area contributed by atoms with Crippen LogP contribution in [-0.4, -0.2) is 70.5 Å². The number of para-hydroxylation sites is 1. The van der Waals surface area contributed by atoms with Crippen molar-refractivity contribution in [3.05, 3.63) is 71.8 Å². The molecule has 2 saturated heterocycles. The number of carbonyl (C=O) groups is 3. The first kappa shape index (κ1) is 29.3. The van der Waals surface area contributed by atoms with Gasteiger partial charge in [-0.25, -0.2) is 9.37 Å². The van der Waals surface area contributed by atoms with Crippen LogP contribution in [0.5, 0.6) is 0 Å². The molecule has 3 amide bonds. The van der Waals surface area contributed by atoms with Crippen LogP contribution >= 0.6 is 0 Å². The second-order valence-corrected chi connectivity index (χ2v) is 11.1. The van der Waals surface area contributed by atoms with Gasteiger partial charge in [0.25, 0.3) is 0 Å². The minimum absolute atomic E-state index is 0.0267. The van der Waals surface area contributed by atoms with Gasteiger partial charge in [0, 0.05) is 44.7 Å². The van der Waals surface area contributed by atoms with Crippen molar-refractivity contribution in [3.8, 4) is 0 Å². The second kappa shape index (κ2) is 10.7. The monoisotopic (exact) mass is 613 g/mol. The number of halogens is 4. The number of hydrogen-bond acceptors (Lipinski definition) is 8. The van der Waals surface area contributed by atoms with Crippen LogP contribution in [0.3, 0.4) is 0 Å². The maximum atomic E-state index is 15.5. The summed E-state index contributed by atoms with van der Waals surface area (Å²) in [5.74, 6) is -2.65. The molecule has 5 heterocycles. The van der Waals surface area contributed by atoms with Crippen molar-refractivity contribution in [1.82, 2.24) is 20.0 Å². The van der Waals surface area contributed by atoms with Gasteiger partial charge in [0.1, 0.15) is 17.7 Å². The van der Waals surface area contributed by atoms with Crippen LogP contribution in [0.15, 0.2) is 47.5 Å². The van der Waals surface area contributed by atoms with Crippen LogP contribution in [0, 0.1) is 18.7 Å². The van der Waals surface area contributed by atoms with Gasteiger partial charge < -0.3 is 19.2 Å². The van der Waals surface area contributed by atoms with Crippen LogP contribution < -0.4 is 14.7 Å². The fourth-order valence-corrected chi connectivity index (χ4v) is 6.02. The first-order valence-electron chi connectivity index (χ1n) is 13.8. The highest BCUT2D eigenvalue weighted by Gasteiger charge is 2.49. The number of anilines is 3. The van der Waals surface area contributed by atoms with E-state index in [2.05, 4.69) is 21.7 Å². The molecule has 6 rings (SSSR count). The number of amides is 3. The summed E-state index contributed by atoms with van der Waals surface area (Å²) < 4.78 is 61.9. The summed E-state index contributed by atoms with van der Waals surface area (Å²) in [5.41, 5.74) is -0.694.